The molecule has 0 aliphatic carbocycles. The smallest absolute Gasteiger partial charge is 0.269 e. The molecule has 2 aromatic carbocycles. The Kier molecular flexibility index (Phi) is 4.95. The highest BCUT2D eigenvalue weighted by atomic mass is 35.5. The zero-order valence-electron chi connectivity index (χ0n) is 9.42. The van der Waals surface area contributed by atoms with E-state index in [1.54, 1.807) is 24.3 Å². The van der Waals surface area contributed by atoms with E-state index in [9.17, 15) is 10.1 Å². The van der Waals surface area contributed by atoms with Crippen molar-refractivity contribution < 1.29 is 4.92 Å². The first kappa shape index (κ1) is 13.8. The topological polar surface area (TPSA) is 95.2 Å². The average Bonchev–Trinajstić information content (AvgIpc) is 2.34. The molecule has 6 heteroatoms. The summed E-state index contributed by atoms with van der Waals surface area (Å²) in [6.07, 6.45) is 0. The van der Waals surface area contributed by atoms with Crippen molar-refractivity contribution in [1.29, 1.82) is 0 Å². The summed E-state index contributed by atoms with van der Waals surface area (Å²) < 4.78 is 0. The normalized spacial score (nSPS) is 9.17. The molecule has 0 fully saturated rings. The van der Waals surface area contributed by atoms with Gasteiger partial charge in [0, 0.05) is 28.5 Å². The van der Waals surface area contributed by atoms with Crippen LogP contribution in [0, 0.1) is 10.1 Å². The number of hydrogen-bond donors (Lipinski definition) is 2. The molecule has 0 radical (unpaired) electrons. The van der Waals surface area contributed by atoms with E-state index in [4.69, 9.17) is 23.1 Å². The van der Waals surface area contributed by atoms with E-state index in [1.165, 1.54) is 24.3 Å². The molecule has 0 spiro atoms. The van der Waals surface area contributed by atoms with Gasteiger partial charge in [0.05, 0.1) is 4.92 Å². The number of nitro benzene ring substituents is 1. The zero-order valence-corrected chi connectivity index (χ0v) is 10.2. The first-order valence-electron chi connectivity index (χ1n) is 5.00. The highest BCUT2D eigenvalue weighted by Gasteiger charge is 2.00. The third-order valence-electron chi connectivity index (χ3n) is 1.97. The number of nitro groups is 1. The molecule has 0 saturated heterocycles. The van der Waals surface area contributed by atoms with Gasteiger partial charge in [0.1, 0.15) is 0 Å². The van der Waals surface area contributed by atoms with Gasteiger partial charge in [0.15, 0.2) is 0 Å². The molecule has 0 unspecified atom stereocenters. The largest absolute Gasteiger partial charge is 0.399 e. The molecule has 5 nitrogen and oxygen atoms in total. The van der Waals surface area contributed by atoms with E-state index in [-0.39, 0.29) is 5.69 Å². The fourth-order valence-corrected chi connectivity index (χ4v) is 1.18. The summed E-state index contributed by atoms with van der Waals surface area (Å²) in [5.74, 6) is 0. The Morgan fingerprint density at radius 3 is 1.61 bits per heavy atom. The van der Waals surface area contributed by atoms with Gasteiger partial charge in [-0.1, -0.05) is 11.6 Å². The molecule has 0 saturated carbocycles. The number of anilines is 2. The Balaban J connectivity index is 0.000000184. The standard InChI is InChI=1S/C6H6ClN.C6H6N2O2/c7-5-1-3-6(8)4-2-5;7-5-1-3-6(4-2-5)8(9)10/h1-4H,8H2;1-4H,7H2. The summed E-state index contributed by atoms with van der Waals surface area (Å²) >= 11 is 5.56. The van der Waals surface area contributed by atoms with E-state index < -0.39 is 4.92 Å². The van der Waals surface area contributed by atoms with E-state index in [1.807, 2.05) is 0 Å². The molecule has 4 N–H and O–H groups in total. The van der Waals surface area contributed by atoms with Crippen molar-refractivity contribution in [2.45, 2.75) is 0 Å². The Morgan fingerprint density at radius 2 is 1.28 bits per heavy atom. The minimum atomic E-state index is -0.459. The van der Waals surface area contributed by atoms with Crippen molar-refractivity contribution >= 4 is 28.7 Å². The number of non-ortho nitro benzene ring substituents is 1. The minimum Gasteiger partial charge on any atom is -0.399 e. The maximum Gasteiger partial charge on any atom is 0.269 e. The van der Waals surface area contributed by atoms with Crippen LogP contribution in [0.1, 0.15) is 0 Å². The van der Waals surface area contributed by atoms with Gasteiger partial charge >= 0.3 is 0 Å². The van der Waals surface area contributed by atoms with Crippen molar-refractivity contribution in [2.24, 2.45) is 0 Å². The molecule has 0 bridgehead atoms. The van der Waals surface area contributed by atoms with E-state index in [0.29, 0.717) is 5.69 Å². The Hall–Kier alpha value is -2.27. The van der Waals surface area contributed by atoms with Crippen LogP contribution in [0.2, 0.25) is 5.02 Å². The van der Waals surface area contributed by atoms with Crippen LogP contribution < -0.4 is 11.5 Å². The van der Waals surface area contributed by atoms with Crippen LogP contribution in [0.25, 0.3) is 0 Å². The van der Waals surface area contributed by atoms with Crippen molar-refractivity contribution in [1.82, 2.24) is 0 Å². The number of nitrogens with two attached hydrogens (primary N) is 2. The maximum absolute atomic E-state index is 10.1. The van der Waals surface area contributed by atoms with E-state index in [0.717, 1.165) is 10.7 Å². The Bertz CT molecular complexity index is 491. The summed E-state index contributed by atoms with van der Waals surface area (Å²) in [7, 11) is 0. The van der Waals surface area contributed by atoms with Gasteiger partial charge in [0.25, 0.3) is 5.69 Å². The first-order chi connectivity index (χ1) is 8.49. The van der Waals surface area contributed by atoms with Gasteiger partial charge in [-0.3, -0.25) is 10.1 Å². The SMILES string of the molecule is Nc1ccc(Cl)cc1.Nc1ccc([N+](=O)[O-])cc1. The second-order valence-electron chi connectivity index (χ2n) is 3.40. The second-order valence-corrected chi connectivity index (χ2v) is 3.84. The van der Waals surface area contributed by atoms with Gasteiger partial charge < -0.3 is 11.5 Å². The van der Waals surface area contributed by atoms with Crippen molar-refractivity contribution in [2.75, 3.05) is 11.5 Å². The van der Waals surface area contributed by atoms with Crippen LogP contribution in [0.5, 0.6) is 0 Å². The van der Waals surface area contributed by atoms with Gasteiger partial charge in [-0.25, -0.2) is 0 Å². The van der Waals surface area contributed by atoms with Crippen molar-refractivity contribution in [3.63, 3.8) is 0 Å². The number of hydrogen-bond acceptors (Lipinski definition) is 4. The highest BCUT2D eigenvalue weighted by Crippen LogP contribution is 2.12. The van der Waals surface area contributed by atoms with Gasteiger partial charge in [0.2, 0.25) is 0 Å². The van der Waals surface area contributed by atoms with Crippen LogP contribution in [-0.4, -0.2) is 4.92 Å². The number of halogens is 1. The predicted octanol–water partition coefficient (Wildman–Crippen LogP) is 3.10. The molecule has 0 aromatic heterocycles. The molecule has 0 aliphatic rings. The number of nitrogen functional groups attached to an aromatic ring is 2. The first-order valence-corrected chi connectivity index (χ1v) is 5.38. The van der Waals surface area contributed by atoms with Gasteiger partial charge in [-0.2, -0.15) is 0 Å². The summed E-state index contributed by atoms with van der Waals surface area (Å²) in [6, 6.07) is 12.8. The second kappa shape index (κ2) is 6.46. The minimum absolute atomic E-state index is 0.0641. The maximum atomic E-state index is 10.1. The molecule has 2 rings (SSSR count). The lowest BCUT2D eigenvalue weighted by Crippen LogP contribution is -1.88. The van der Waals surface area contributed by atoms with E-state index in [2.05, 4.69) is 0 Å². The molecular formula is C12H12ClN3O2. The van der Waals surface area contributed by atoms with Gasteiger partial charge in [-0.15, -0.1) is 0 Å². The molecule has 0 heterocycles. The lowest BCUT2D eigenvalue weighted by molar-refractivity contribution is -0.384. The van der Waals surface area contributed by atoms with Crippen molar-refractivity contribution in [3.8, 4) is 0 Å². The summed E-state index contributed by atoms with van der Waals surface area (Å²) in [6.45, 7) is 0. The third kappa shape index (κ3) is 4.71. The van der Waals surface area contributed by atoms with Crippen molar-refractivity contribution in [3.05, 3.63) is 63.7 Å². The fourth-order valence-electron chi connectivity index (χ4n) is 1.06. The summed E-state index contributed by atoms with van der Waals surface area (Å²) in [5.41, 5.74) is 12.0. The molecular weight excluding hydrogens is 254 g/mol. The van der Waals surface area contributed by atoms with Crippen LogP contribution in [0.4, 0.5) is 17.1 Å². The predicted molar refractivity (Wildman–Crippen MR) is 73.4 cm³/mol. The summed E-state index contributed by atoms with van der Waals surface area (Å²) in [5, 5.41) is 10.8. The lowest BCUT2D eigenvalue weighted by atomic mass is 10.3. The van der Waals surface area contributed by atoms with Crippen LogP contribution in [0.15, 0.2) is 48.5 Å². The molecule has 2 aromatic rings. The molecule has 0 atom stereocenters. The number of nitrogens with zero attached hydrogens (tertiary/aromatic N) is 1. The zero-order chi connectivity index (χ0) is 13.5. The number of benzene rings is 2. The molecule has 0 amide bonds. The van der Waals surface area contributed by atoms with Crippen LogP contribution in [0.3, 0.4) is 0 Å². The molecule has 94 valence electrons. The quantitative estimate of drug-likeness (QED) is 0.470. The summed E-state index contributed by atoms with van der Waals surface area (Å²) in [4.78, 5) is 9.62. The van der Waals surface area contributed by atoms with Crippen LogP contribution in [-0.2, 0) is 0 Å². The molecule has 0 aliphatic heterocycles. The fraction of sp³-hybridized carbons (Fsp3) is 0. The monoisotopic (exact) mass is 265 g/mol. The lowest BCUT2D eigenvalue weighted by Gasteiger charge is -1.90. The Labute approximate surface area is 109 Å². The number of rotatable bonds is 1. The van der Waals surface area contributed by atoms with Crippen LogP contribution >= 0.6 is 11.6 Å². The van der Waals surface area contributed by atoms with Gasteiger partial charge in [-0.05, 0) is 36.4 Å². The highest BCUT2D eigenvalue weighted by molar-refractivity contribution is 6.30. The van der Waals surface area contributed by atoms with E-state index >= 15 is 0 Å². The Morgan fingerprint density at radius 1 is 0.889 bits per heavy atom. The molecule has 18 heavy (non-hydrogen) atoms. The third-order valence-corrected chi connectivity index (χ3v) is 2.23. The average molecular weight is 266 g/mol.